The molecule has 12 heteroatoms. The van der Waals surface area contributed by atoms with Crippen molar-refractivity contribution in [2.45, 2.75) is 0 Å². The molecule has 5 aromatic rings. The number of rotatable bonds is 9. The average Bonchev–Trinajstić information content (AvgIpc) is 3.41. The molecule has 0 fully saturated rings. The highest BCUT2D eigenvalue weighted by Gasteiger charge is 2.22. The number of nitrogens with one attached hydrogen (secondary N) is 2. The molecule has 0 aliphatic rings. The molecule has 0 saturated carbocycles. The van der Waals surface area contributed by atoms with Crippen molar-refractivity contribution in [2.24, 2.45) is 5.10 Å². The Hall–Kier alpha value is -4.51. The van der Waals surface area contributed by atoms with Crippen LogP contribution in [0.25, 0.3) is 22.0 Å². The van der Waals surface area contributed by atoms with Crippen LogP contribution in [0.1, 0.15) is 26.4 Å². The van der Waals surface area contributed by atoms with Crippen molar-refractivity contribution in [1.29, 1.82) is 0 Å². The number of hydrogen-bond donors (Lipinski definition) is 2. The SMILES string of the molecule is COc1cc(C(=O)Oc2ccc(Br)cc2C=NNC(=O)c2[nH]c3cc(Cl)cc(Cl)c3c2-c2ccccc2)cc(OC)c1OC. The zero-order valence-corrected chi connectivity index (χ0v) is 26.6. The van der Waals surface area contributed by atoms with Crippen molar-refractivity contribution in [2.75, 3.05) is 21.3 Å². The Morgan fingerprint density at radius 2 is 1.59 bits per heavy atom. The Labute approximate surface area is 270 Å². The third-order valence-electron chi connectivity index (χ3n) is 6.55. The van der Waals surface area contributed by atoms with Gasteiger partial charge < -0.3 is 23.9 Å². The fourth-order valence-electron chi connectivity index (χ4n) is 4.60. The van der Waals surface area contributed by atoms with Gasteiger partial charge in [-0.05, 0) is 48.0 Å². The molecule has 44 heavy (non-hydrogen) atoms. The van der Waals surface area contributed by atoms with E-state index in [0.717, 1.165) is 5.56 Å². The normalized spacial score (nSPS) is 11.0. The minimum atomic E-state index is -0.675. The smallest absolute Gasteiger partial charge is 0.343 e. The minimum absolute atomic E-state index is 0.171. The number of carbonyl (C=O) groups excluding carboxylic acids is 2. The average molecular weight is 697 g/mol. The second-order valence-corrected chi connectivity index (χ2v) is 11.0. The van der Waals surface area contributed by atoms with Crippen LogP contribution >= 0.6 is 39.1 Å². The van der Waals surface area contributed by atoms with E-state index in [-0.39, 0.29) is 17.0 Å². The zero-order chi connectivity index (χ0) is 31.4. The fourth-order valence-corrected chi connectivity index (χ4v) is 5.57. The zero-order valence-electron chi connectivity index (χ0n) is 23.5. The predicted molar refractivity (Wildman–Crippen MR) is 174 cm³/mol. The van der Waals surface area contributed by atoms with Gasteiger partial charge in [0.05, 0.1) is 38.1 Å². The van der Waals surface area contributed by atoms with Gasteiger partial charge in [0, 0.05) is 31.5 Å². The molecule has 2 N–H and O–H groups in total. The molecular weight excluding hydrogens is 673 g/mol. The number of esters is 1. The molecule has 5 rings (SSSR count). The number of aromatic amines is 1. The summed E-state index contributed by atoms with van der Waals surface area (Å²) in [6.07, 6.45) is 1.37. The summed E-state index contributed by atoms with van der Waals surface area (Å²) in [7, 11) is 4.37. The number of carbonyl (C=O) groups is 2. The van der Waals surface area contributed by atoms with E-state index < -0.39 is 11.9 Å². The van der Waals surface area contributed by atoms with Crippen molar-refractivity contribution in [3.05, 3.63) is 104 Å². The van der Waals surface area contributed by atoms with E-state index in [1.54, 1.807) is 30.3 Å². The first-order chi connectivity index (χ1) is 21.2. The van der Waals surface area contributed by atoms with Gasteiger partial charge in [-0.1, -0.05) is 69.5 Å². The Bertz CT molecular complexity index is 1880. The van der Waals surface area contributed by atoms with Crippen molar-refractivity contribution in [1.82, 2.24) is 10.4 Å². The standard InChI is InChI=1S/C32H24BrCl2N3O6/c1-41-25-12-18(13-26(42-2)30(25)43-3)32(40)44-24-10-9-20(33)11-19(24)16-36-38-31(39)29-27(17-7-5-4-6-8-17)28-22(35)14-21(34)15-23(28)37-29/h4-16,37H,1-3H3,(H,38,39). The van der Waals surface area contributed by atoms with Crippen molar-refractivity contribution in [3.8, 4) is 34.1 Å². The summed E-state index contributed by atoms with van der Waals surface area (Å²) >= 11 is 16.2. The number of methoxy groups -OCH3 is 3. The monoisotopic (exact) mass is 695 g/mol. The van der Waals surface area contributed by atoms with Crippen LogP contribution in [0.15, 0.2) is 82.4 Å². The summed E-state index contributed by atoms with van der Waals surface area (Å²) in [4.78, 5) is 29.7. The third-order valence-corrected chi connectivity index (χ3v) is 7.56. The highest BCUT2D eigenvalue weighted by Crippen LogP contribution is 2.40. The van der Waals surface area contributed by atoms with Crippen molar-refractivity contribution < 1.29 is 28.5 Å². The maximum atomic E-state index is 13.4. The Morgan fingerprint density at radius 3 is 2.25 bits per heavy atom. The quantitative estimate of drug-likeness (QED) is 0.0701. The molecule has 1 amide bonds. The number of fused-ring (bicyclic) bond motifs is 1. The van der Waals surface area contributed by atoms with Crippen LogP contribution in [0, 0.1) is 0 Å². The van der Waals surface area contributed by atoms with Gasteiger partial charge in [-0.3, -0.25) is 4.79 Å². The van der Waals surface area contributed by atoms with E-state index in [2.05, 4.69) is 31.4 Å². The summed E-state index contributed by atoms with van der Waals surface area (Å²) < 4.78 is 22.4. The Balaban J connectivity index is 1.43. The van der Waals surface area contributed by atoms with Gasteiger partial charge in [-0.2, -0.15) is 5.10 Å². The van der Waals surface area contributed by atoms with Crippen LogP contribution in [0.2, 0.25) is 10.0 Å². The summed E-state index contributed by atoms with van der Waals surface area (Å²) in [6.45, 7) is 0. The minimum Gasteiger partial charge on any atom is -0.493 e. The molecule has 0 aliphatic carbocycles. The maximum Gasteiger partial charge on any atom is 0.343 e. The van der Waals surface area contributed by atoms with Gasteiger partial charge in [0.1, 0.15) is 11.4 Å². The molecular formula is C32H24BrCl2N3O6. The number of amides is 1. The summed E-state index contributed by atoms with van der Waals surface area (Å²) in [5.74, 6) is -0.0543. The second-order valence-electron chi connectivity index (χ2n) is 9.24. The maximum absolute atomic E-state index is 13.4. The summed E-state index contributed by atoms with van der Waals surface area (Å²) in [5, 5.41) is 5.63. The molecule has 224 valence electrons. The van der Waals surface area contributed by atoms with Crippen LogP contribution in [0.5, 0.6) is 23.0 Å². The van der Waals surface area contributed by atoms with Gasteiger partial charge in [-0.25, -0.2) is 10.2 Å². The van der Waals surface area contributed by atoms with E-state index in [9.17, 15) is 9.59 Å². The predicted octanol–water partition coefficient (Wildman–Crippen LogP) is 7.91. The summed E-state index contributed by atoms with van der Waals surface area (Å²) in [6, 6.07) is 20.7. The largest absolute Gasteiger partial charge is 0.493 e. The number of H-pyrrole nitrogens is 1. The molecule has 9 nitrogen and oxygen atoms in total. The van der Waals surface area contributed by atoms with Crippen LogP contribution in [-0.2, 0) is 0 Å². The number of aromatic nitrogens is 1. The highest BCUT2D eigenvalue weighted by molar-refractivity contribution is 9.10. The molecule has 0 bridgehead atoms. The van der Waals surface area contributed by atoms with E-state index >= 15 is 0 Å². The second kappa shape index (κ2) is 13.4. The van der Waals surface area contributed by atoms with Gasteiger partial charge in [0.25, 0.3) is 5.91 Å². The lowest BCUT2D eigenvalue weighted by molar-refractivity contribution is 0.0733. The number of benzene rings is 4. The molecule has 1 heterocycles. The van der Waals surface area contributed by atoms with Gasteiger partial charge in [0.15, 0.2) is 11.5 Å². The van der Waals surface area contributed by atoms with E-state index in [1.807, 2.05) is 30.3 Å². The third kappa shape index (κ3) is 6.37. The number of nitrogens with zero attached hydrogens (tertiary/aromatic N) is 1. The molecule has 0 saturated heterocycles. The van der Waals surface area contributed by atoms with Gasteiger partial charge in [0.2, 0.25) is 5.75 Å². The first kappa shape index (κ1) is 30.9. The summed E-state index contributed by atoms with van der Waals surface area (Å²) in [5.41, 5.74) is 5.37. The van der Waals surface area contributed by atoms with Crippen LogP contribution < -0.4 is 24.4 Å². The molecule has 0 atom stereocenters. The molecule has 0 radical (unpaired) electrons. The topological polar surface area (TPSA) is 111 Å². The lowest BCUT2D eigenvalue weighted by atomic mass is 10.0. The van der Waals surface area contributed by atoms with Gasteiger partial charge >= 0.3 is 5.97 Å². The Kier molecular flexibility index (Phi) is 9.43. The fraction of sp³-hybridized carbons (Fsp3) is 0.0938. The molecule has 0 aliphatic heterocycles. The lowest BCUT2D eigenvalue weighted by Gasteiger charge is -2.14. The van der Waals surface area contributed by atoms with E-state index in [0.29, 0.717) is 53.8 Å². The van der Waals surface area contributed by atoms with Crippen molar-refractivity contribution >= 4 is 68.1 Å². The molecule has 0 unspecified atom stereocenters. The van der Waals surface area contributed by atoms with E-state index in [1.165, 1.54) is 39.7 Å². The number of hydrogen-bond acceptors (Lipinski definition) is 7. The van der Waals surface area contributed by atoms with Crippen LogP contribution in [0.3, 0.4) is 0 Å². The Morgan fingerprint density at radius 1 is 0.886 bits per heavy atom. The molecule has 0 spiro atoms. The number of halogens is 3. The van der Waals surface area contributed by atoms with Gasteiger partial charge in [-0.15, -0.1) is 0 Å². The lowest BCUT2D eigenvalue weighted by Crippen LogP contribution is -2.19. The first-order valence-corrected chi connectivity index (χ1v) is 14.5. The van der Waals surface area contributed by atoms with Crippen LogP contribution in [0.4, 0.5) is 0 Å². The first-order valence-electron chi connectivity index (χ1n) is 12.9. The molecule has 1 aromatic heterocycles. The number of hydrazone groups is 1. The highest BCUT2D eigenvalue weighted by atomic mass is 79.9. The number of ether oxygens (including phenoxy) is 4. The van der Waals surface area contributed by atoms with Crippen LogP contribution in [-0.4, -0.2) is 44.4 Å². The molecule has 4 aromatic carbocycles. The van der Waals surface area contributed by atoms with E-state index in [4.69, 9.17) is 42.1 Å². The van der Waals surface area contributed by atoms with Crippen molar-refractivity contribution in [3.63, 3.8) is 0 Å².